The van der Waals surface area contributed by atoms with E-state index in [9.17, 15) is 9.18 Å². The summed E-state index contributed by atoms with van der Waals surface area (Å²) in [5, 5.41) is 1.75. The van der Waals surface area contributed by atoms with Crippen molar-refractivity contribution in [3.8, 4) is 5.75 Å². The number of amides is 1. The molecule has 4 rings (SSSR count). The van der Waals surface area contributed by atoms with Gasteiger partial charge in [0.15, 0.2) is 5.75 Å². The number of halogens is 2. The van der Waals surface area contributed by atoms with Crippen LogP contribution in [0.4, 0.5) is 10.1 Å². The van der Waals surface area contributed by atoms with Gasteiger partial charge < -0.3 is 9.74 Å². The summed E-state index contributed by atoms with van der Waals surface area (Å²) in [5.41, 5.74) is 4.90. The van der Waals surface area contributed by atoms with Crippen molar-refractivity contribution in [3.63, 3.8) is 0 Å². The molecule has 0 radical (unpaired) electrons. The molecule has 4 nitrogen and oxygen atoms in total. The average molecular weight is 415 g/mol. The van der Waals surface area contributed by atoms with Gasteiger partial charge in [0.25, 0.3) is 5.91 Å². The van der Waals surface area contributed by atoms with E-state index in [2.05, 4.69) is 21.4 Å². The summed E-state index contributed by atoms with van der Waals surface area (Å²) >= 11 is 3.24. The van der Waals surface area contributed by atoms with Crippen molar-refractivity contribution >= 4 is 38.3 Å². The molecule has 1 aliphatic rings. The quantitative estimate of drug-likeness (QED) is 0.609. The zero-order valence-corrected chi connectivity index (χ0v) is 15.6. The van der Waals surface area contributed by atoms with E-state index in [1.807, 2.05) is 37.3 Å². The van der Waals surface area contributed by atoms with Crippen LogP contribution in [0, 0.1) is 5.82 Å². The highest BCUT2D eigenvalue weighted by atomic mass is 79.9. The van der Waals surface area contributed by atoms with Gasteiger partial charge in [-0.2, -0.15) is 5.48 Å². The van der Waals surface area contributed by atoms with Crippen molar-refractivity contribution in [2.45, 2.75) is 13.5 Å². The molecule has 26 heavy (non-hydrogen) atoms. The lowest BCUT2D eigenvalue weighted by Crippen LogP contribution is -2.25. The van der Waals surface area contributed by atoms with Crippen LogP contribution in [0.2, 0.25) is 0 Å². The van der Waals surface area contributed by atoms with Gasteiger partial charge in [-0.15, -0.1) is 0 Å². The molecule has 0 unspecified atom stereocenters. The summed E-state index contributed by atoms with van der Waals surface area (Å²) in [5.74, 6) is 0.309. The van der Waals surface area contributed by atoms with Crippen molar-refractivity contribution in [2.75, 3.05) is 11.4 Å². The normalized spacial score (nSPS) is 12.9. The minimum atomic E-state index is -0.305. The minimum Gasteiger partial charge on any atom is -0.408 e. The van der Waals surface area contributed by atoms with Crippen LogP contribution >= 0.6 is 15.9 Å². The Morgan fingerprint density at radius 3 is 2.81 bits per heavy atom. The first-order valence-electron chi connectivity index (χ1n) is 8.31. The van der Waals surface area contributed by atoms with Gasteiger partial charge >= 0.3 is 0 Å². The molecule has 1 amide bonds. The van der Waals surface area contributed by atoms with E-state index < -0.39 is 0 Å². The van der Waals surface area contributed by atoms with Crippen molar-refractivity contribution in [3.05, 3.63) is 69.9 Å². The summed E-state index contributed by atoms with van der Waals surface area (Å²) in [6.07, 6.45) is 0. The molecule has 0 spiro atoms. The molecule has 1 aliphatic heterocycles. The molecule has 0 fully saturated rings. The summed E-state index contributed by atoms with van der Waals surface area (Å²) in [6.45, 7) is 2.79. The van der Waals surface area contributed by atoms with Crippen LogP contribution in [0.3, 0.4) is 0 Å². The van der Waals surface area contributed by atoms with E-state index in [0.29, 0.717) is 27.9 Å². The van der Waals surface area contributed by atoms with Gasteiger partial charge in [0, 0.05) is 32.9 Å². The molecule has 0 bridgehead atoms. The fraction of sp³-hybridized carbons (Fsp3) is 0.150. The second-order valence-corrected chi connectivity index (χ2v) is 6.93. The zero-order valence-electron chi connectivity index (χ0n) is 14.1. The number of rotatable bonds is 5. The second-order valence-electron chi connectivity index (χ2n) is 6.02. The number of nitrogens with one attached hydrogen (secondary N) is 1. The third kappa shape index (κ3) is 2.75. The Balaban J connectivity index is 1.61. The molecule has 3 aromatic carbocycles. The van der Waals surface area contributed by atoms with Crippen LogP contribution < -0.4 is 15.2 Å². The highest BCUT2D eigenvalue weighted by molar-refractivity contribution is 9.10. The molecule has 0 saturated heterocycles. The molecule has 1 N–H and O–H groups in total. The maximum absolute atomic E-state index is 13.9. The first-order valence-corrected chi connectivity index (χ1v) is 9.10. The Morgan fingerprint density at radius 1 is 1.19 bits per heavy atom. The lowest BCUT2D eigenvalue weighted by Gasteiger charge is -2.15. The molecule has 0 aromatic heterocycles. The first-order chi connectivity index (χ1) is 12.6. The lowest BCUT2D eigenvalue weighted by molar-refractivity contribution is 0.0994. The number of carbonyl (C=O) groups is 1. The molecule has 1 heterocycles. The van der Waals surface area contributed by atoms with Crippen LogP contribution in [0.25, 0.3) is 10.8 Å². The Kier molecular flexibility index (Phi) is 4.38. The predicted molar refractivity (Wildman–Crippen MR) is 103 cm³/mol. The number of carbonyl (C=O) groups excluding carboxylic acids is 1. The molecule has 0 saturated carbocycles. The SMILES string of the molecule is CCN1C(=O)c2cccc3c(ONCc4ccc(Br)cc4F)ccc1c23. The topological polar surface area (TPSA) is 41.6 Å². The standard InChI is InChI=1S/C20H16BrFN2O2/c1-2-24-17-8-9-18(14-4-3-5-15(19(14)17)20(24)25)26-23-11-12-6-7-13(21)10-16(12)22/h3-10,23H,2,11H2,1H3. The molecule has 3 aromatic rings. The van der Waals surface area contributed by atoms with Gasteiger partial charge in [-0.1, -0.05) is 34.1 Å². The van der Waals surface area contributed by atoms with E-state index >= 15 is 0 Å². The Labute approximate surface area is 158 Å². The van der Waals surface area contributed by atoms with E-state index in [1.54, 1.807) is 17.0 Å². The monoisotopic (exact) mass is 414 g/mol. The van der Waals surface area contributed by atoms with Crippen LogP contribution in [0.5, 0.6) is 5.75 Å². The maximum atomic E-state index is 13.9. The van der Waals surface area contributed by atoms with Gasteiger partial charge in [0.05, 0.1) is 12.2 Å². The van der Waals surface area contributed by atoms with E-state index in [0.717, 1.165) is 16.5 Å². The fourth-order valence-electron chi connectivity index (χ4n) is 3.28. The molecular weight excluding hydrogens is 399 g/mol. The predicted octanol–water partition coefficient (Wildman–Crippen LogP) is 4.81. The lowest BCUT2D eigenvalue weighted by atomic mass is 10.0. The Hall–Kier alpha value is -2.44. The van der Waals surface area contributed by atoms with Crippen molar-refractivity contribution in [1.29, 1.82) is 0 Å². The summed E-state index contributed by atoms with van der Waals surface area (Å²) in [6, 6.07) is 14.2. The van der Waals surface area contributed by atoms with Crippen molar-refractivity contribution in [1.82, 2.24) is 5.48 Å². The van der Waals surface area contributed by atoms with E-state index in [1.165, 1.54) is 6.07 Å². The van der Waals surface area contributed by atoms with E-state index in [4.69, 9.17) is 4.84 Å². The summed E-state index contributed by atoms with van der Waals surface area (Å²) in [4.78, 5) is 20.0. The van der Waals surface area contributed by atoms with Crippen molar-refractivity contribution < 1.29 is 14.0 Å². The van der Waals surface area contributed by atoms with E-state index in [-0.39, 0.29) is 18.3 Å². The highest BCUT2D eigenvalue weighted by Gasteiger charge is 2.29. The molecule has 0 atom stereocenters. The summed E-state index contributed by atoms with van der Waals surface area (Å²) < 4.78 is 14.6. The third-order valence-electron chi connectivity index (χ3n) is 4.52. The Bertz CT molecular complexity index is 1020. The van der Waals surface area contributed by atoms with Crippen molar-refractivity contribution in [2.24, 2.45) is 0 Å². The number of hydrogen-bond acceptors (Lipinski definition) is 3. The highest BCUT2D eigenvalue weighted by Crippen LogP contribution is 2.41. The average Bonchev–Trinajstić information content (AvgIpc) is 2.92. The largest absolute Gasteiger partial charge is 0.408 e. The second kappa shape index (κ2) is 6.70. The third-order valence-corrected chi connectivity index (χ3v) is 5.01. The fourth-order valence-corrected chi connectivity index (χ4v) is 3.61. The van der Waals surface area contributed by atoms with Gasteiger partial charge in [-0.25, -0.2) is 4.39 Å². The molecule has 132 valence electrons. The van der Waals surface area contributed by atoms with Crippen LogP contribution in [-0.2, 0) is 6.54 Å². The minimum absolute atomic E-state index is 0.00939. The summed E-state index contributed by atoms with van der Waals surface area (Å²) in [7, 11) is 0. The van der Waals surface area contributed by atoms with Crippen LogP contribution in [-0.4, -0.2) is 12.5 Å². The maximum Gasteiger partial charge on any atom is 0.258 e. The van der Waals surface area contributed by atoms with Gasteiger partial charge in [0.2, 0.25) is 0 Å². The number of hydroxylamine groups is 1. The molecule has 6 heteroatoms. The Morgan fingerprint density at radius 2 is 2.04 bits per heavy atom. The number of anilines is 1. The number of benzene rings is 3. The molecule has 0 aliphatic carbocycles. The van der Waals surface area contributed by atoms with Crippen LogP contribution in [0.15, 0.2) is 53.0 Å². The van der Waals surface area contributed by atoms with Crippen LogP contribution in [0.1, 0.15) is 22.8 Å². The number of hydrogen-bond donors (Lipinski definition) is 1. The zero-order chi connectivity index (χ0) is 18.3. The van der Waals surface area contributed by atoms with Gasteiger partial charge in [-0.05, 0) is 37.3 Å². The number of nitrogens with zero attached hydrogens (tertiary/aromatic N) is 1. The van der Waals surface area contributed by atoms with Gasteiger partial charge in [0.1, 0.15) is 5.82 Å². The smallest absolute Gasteiger partial charge is 0.258 e. The molecular formula is C20H16BrFN2O2. The first kappa shape index (κ1) is 17.0. The van der Waals surface area contributed by atoms with Gasteiger partial charge in [-0.3, -0.25) is 4.79 Å².